The van der Waals surface area contributed by atoms with Crippen molar-refractivity contribution in [2.24, 2.45) is 0 Å². The van der Waals surface area contributed by atoms with Crippen molar-refractivity contribution in [1.29, 1.82) is 0 Å². The second-order valence-electron chi connectivity index (χ2n) is 2.76. The van der Waals surface area contributed by atoms with Gasteiger partial charge in [0.25, 0.3) is 10.2 Å². The molecule has 13 heavy (non-hydrogen) atoms. The van der Waals surface area contributed by atoms with Crippen LogP contribution in [0.5, 0.6) is 0 Å². The minimum Gasteiger partial charge on any atom is -0.202 e. The number of nitrogens with zero attached hydrogens (tertiary/aromatic N) is 1. The van der Waals surface area contributed by atoms with Gasteiger partial charge in [0.2, 0.25) is 0 Å². The van der Waals surface area contributed by atoms with Crippen molar-refractivity contribution in [2.45, 2.75) is 19.8 Å². The molecule has 0 saturated heterocycles. The fraction of sp³-hybridized carbons (Fsp3) is 1.00. The van der Waals surface area contributed by atoms with Crippen LogP contribution in [0.4, 0.5) is 0 Å². The Labute approximate surface area is 85.4 Å². The average Bonchev–Trinajstić information content (AvgIpc) is 2.10. The van der Waals surface area contributed by atoms with Gasteiger partial charge in [0.05, 0.1) is 0 Å². The van der Waals surface area contributed by atoms with Crippen molar-refractivity contribution in [3.05, 3.63) is 0 Å². The summed E-state index contributed by atoms with van der Waals surface area (Å²) in [6.07, 6.45) is 1.47. The first-order chi connectivity index (χ1) is 6.04. The molecule has 1 N–H and O–H groups in total. The maximum atomic E-state index is 11.4. The van der Waals surface area contributed by atoms with Crippen molar-refractivity contribution in [3.63, 3.8) is 0 Å². The van der Waals surface area contributed by atoms with Crippen LogP contribution in [0.2, 0.25) is 0 Å². The van der Waals surface area contributed by atoms with Crippen LogP contribution in [0.1, 0.15) is 19.8 Å². The van der Waals surface area contributed by atoms with Crippen molar-refractivity contribution in [3.8, 4) is 0 Å². The molecule has 0 unspecified atom stereocenters. The Balaban J connectivity index is 3.96. The normalized spacial score (nSPS) is 12.3. The molecular weight excluding hydrogens is 212 g/mol. The van der Waals surface area contributed by atoms with E-state index in [4.69, 9.17) is 11.6 Å². The summed E-state index contributed by atoms with van der Waals surface area (Å²) in [6.45, 7) is 2.86. The van der Waals surface area contributed by atoms with Crippen molar-refractivity contribution in [2.75, 3.05) is 26.0 Å². The second kappa shape index (κ2) is 6.59. The first-order valence-corrected chi connectivity index (χ1v) is 6.29. The first kappa shape index (κ1) is 13.2. The highest BCUT2D eigenvalue weighted by Crippen LogP contribution is 1.96. The zero-order chi connectivity index (χ0) is 10.3. The van der Waals surface area contributed by atoms with E-state index in [1.54, 1.807) is 7.05 Å². The molecule has 0 saturated carbocycles. The van der Waals surface area contributed by atoms with Crippen LogP contribution in [0, 0.1) is 0 Å². The molecule has 0 radical (unpaired) electrons. The minimum atomic E-state index is -3.27. The SMILES string of the molecule is CCCNS(=O)(=O)N(C)CCCCl. The smallest absolute Gasteiger partial charge is 0.202 e. The summed E-state index contributed by atoms with van der Waals surface area (Å²) in [5, 5.41) is 0. The third kappa shape index (κ3) is 5.46. The number of nitrogens with one attached hydrogen (secondary N) is 1. The van der Waals surface area contributed by atoms with Crippen LogP contribution in [-0.2, 0) is 10.2 Å². The standard InChI is InChI=1S/C7H17ClN2O2S/c1-3-6-9-13(11,12)10(2)7-4-5-8/h9H,3-7H2,1-2H3. The lowest BCUT2D eigenvalue weighted by molar-refractivity contribution is 0.458. The van der Waals surface area contributed by atoms with Gasteiger partial charge < -0.3 is 0 Å². The maximum Gasteiger partial charge on any atom is 0.279 e. The molecular formula is C7H17ClN2O2S. The van der Waals surface area contributed by atoms with Crippen molar-refractivity contribution >= 4 is 21.8 Å². The molecule has 0 rings (SSSR count). The highest BCUT2D eigenvalue weighted by molar-refractivity contribution is 7.87. The molecule has 0 aliphatic rings. The summed E-state index contributed by atoms with van der Waals surface area (Å²) < 4.78 is 26.5. The molecule has 0 aromatic carbocycles. The van der Waals surface area contributed by atoms with Crippen LogP contribution in [-0.4, -0.2) is 38.7 Å². The Morgan fingerprint density at radius 3 is 2.54 bits per heavy atom. The predicted molar refractivity (Wildman–Crippen MR) is 55.2 cm³/mol. The van der Waals surface area contributed by atoms with E-state index in [1.165, 1.54) is 4.31 Å². The van der Waals surface area contributed by atoms with Gasteiger partial charge in [-0.05, 0) is 12.8 Å². The van der Waals surface area contributed by atoms with E-state index in [9.17, 15) is 8.42 Å². The van der Waals surface area contributed by atoms with Gasteiger partial charge in [-0.25, -0.2) is 4.72 Å². The Morgan fingerprint density at radius 1 is 1.46 bits per heavy atom. The zero-order valence-electron chi connectivity index (χ0n) is 8.09. The Morgan fingerprint density at radius 2 is 2.08 bits per heavy atom. The molecule has 0 heterocycles. The largest absolute Gasteiger partial charge is 0.279 e. The fourth-order valence-corrected chi connectivity index (χ4v) is 1.92. The van der Waals surface area contributed by atoms with Gasteiger partial charge in [0.15, 0.2) is 0 Å². The summed E-state index contributed by atoms with van der Waals surface area (Å²) in [4.78, 5) is 0. The van der Waals surface area contributed by atoms with Crippen molar-refractivity contribution < 1.29 is 8.42 Å². The van der Waals surface area contributed by atoms with Crippen LogP contribution >= 0.6 is 11.6 Å². The van der Waals surface area contributed by atoms with Gasteiger partial charge in [-0.2, -0.15) is 12.7 Å². The quantitative estimate of drug-likeness (QED) is 0.655. The van der Waals surface area contributed by atoms with E-state index < -0.39 is 10.2 Å². The second-order valence-corrected chi connectivity index (χ2v) is 5.00. The Kier molecular flexibility index (Phi) is 6.67. The van der Waals surface area contributed by atoms with Gasteiger partial charge in [-0.15, -0.1) is 11.6 Å². The molecule has 0 aliphatic heterocycles. The molecule has 80 valence electrons. The van der Waals surface area contributed by atoms with Gasteiger partial charge >= 0.3 is 0 Å². The third-order valence-corrected chi connectivity index (χ3v) is 3.39. The van der Waals surface area contributed by atoms with E-state index in [2.05, 4.69) is 4.72 Å². The maximum absolute atomic E-state index is 11.4. The van der Waals surface area contributed by atoms with E-state index in [0.29, 0.717) is 25.4 Å². The zero-order valence-corrected chi connectivity index (χ0v) is 9.66. The van der Waals surface area contributed by atoms with E-state index in [1.807, 2.05) is 6.92 Å². The summed E-state index contributed by atoms with van der Waals surface area (Å²) in [5.74, 6) is 0.480. The van der Waals surface area contributed by atoms with Gasteiger partial charge in [0, 0.05) is 26.0 Å². The molecule has 0 amide bonds. The molecule has 0 fully saturated rings. The van der Waals surface area contributed by atoms with Crippen LogP contribution in [0.15, 0.2) is 0 Å². The van der Waals surface area contributed by atoms with E-state index in [0.717, 1.165) is 6.42 Å². The van der Waals surface area contributed by atoms with Gasteiger partial charge in [-0.1, -0.05) is 6.92 Å². The molecule has 0 aromatic heterocycles. The lowest BCUT2D eigenvalue weighted by Gasteiger charge is -2.16. The molecule has 0 spiro atoms. The number of halogens is 1. The Hall–Kier alpha value is 0.160. The highest BCUT2D eigenvalue weighted by Gasteiger charge is 2.14. The van der Waals surface area contributed by atoms with Crippen LogP contribution in [0.25, 0.3) is 0 Å². The van der Waals surface area contributed by atoms with Crippen molar-refractivity contribution in [1.82, 2.24) is 9.03 Å². The molecule has 0 aromatic rings. The predicted octanol–water partition coefficient (Wildman–Crippen LogP) is 0.791. The molecule has 0 bridgehead atoms. The number of rotatable bonds is 7. The molecule has 0 aliphatic carbocycles. The minimum absolute atomic E-state index is 0.461. The number of hydrogen-bond acceptors (Lipinski definition) is 2. The summed E-state index contributed by atoms with van der Waals surface area (Å²) in [5.41, 5.74) is 0. The topological polar surface area (TPSA) is 49.4 Å². The summed E-state index contributed by atoms with van der Waals surface area (Å²) >= 11 is 5.46. The number of hydrogen-bond donors (Lipinski definition) is 1. The van der Waals surface area contributed by atoms with Crippen LogP contribution in [0.3, 0.4) is 0 Å². The first-order valence-electron chi connectivity index (χ1n) is 4.31. The van der Waals surface area contributed by atoms with E-state index >= 15 is 0 Å². The highest BCUT2D eigenvalue weighted by atomic mass is 35.5. The monoisotopic (exact) mass is 228 g/mol. The fourth-order valence-electron chi connectivity index (χ4n) is 0.744. The van der Waals surface area contributed by atoms with Crippen LogP contribution < -0.4 is 4.72 Å². The molecule has 6 heteroatoms. The number of alkyl halides is 1. The summed E-state index contributed by atoms with van der Waals surface area (Å²) in [6, 6.07) is 0. The molecule has 0 atom stereocenters. The third-order valence-electron chi connectivity index (χ3n) is 1.55. The van der Waals surface area contributed by atoms with Gasteiger partial charge in [0.1, 0.15) is 0 Å². The van der Waals surface area contributed by atoms with Gasteiger partial charge in [-0.3, -0.25) is 0 Å². The summed E-state index contributed by atoms with van der Waals surface area (Å²) in [7, 11) is -1.72. The van der Waals surface area contributed by atoms with E-state index in [-0.39, 0.29) is 0 Å². The lowest BCUT2D eigenvalue weighted by Crippen LogP contribution is -2.39. The Bertz CT molecular complexity index is 219. The lowest BCUT2D eigenvalue weighted by atomic mass is 10.5. The average molecular weight is 229 g/mol. The molecule has 4 nitrogen and oxygen atoms in total.